The number of anilines is 2. The molecule has 24 heavy (non-hydrogen) atoms. The van der Waals surface area contributed by atoms with Gasteiger partial charge in [0.15, 0.2) is 6.10 Å². The van der Waals surface area contributed by atoms with Crippen molar-refractivity contribution in [1.29, 1.82) is 0 Å². The van der Waals surface area contributed by atoms with Gasteiger partial charge in [0.1, 0.15) is 18.1 Å². The summed E-state index contributed by atoms with van der Waals surface area (Å²) in [5.74, 6) is 1.47. The van der Waals surface area contributed by atoms with Gasteiger partial charge in [-0.3, -0.25) is 4.79 Å². The van der Waals surface area contributed by atoms with Crippen molar-refractivity contribution in [2.24, 2.45) is 5.92 Å². The molecule has 2 aromatic rings. The number of ether oxygens (including phenoxy) is 2. The Labute approximate surface area is 142 Å². The Morgan fingerprint density at radius 2 is 1.96 bits per heavy atom. The summed E-state index contributed by atoms with van der Waals surface area (Å²) in [6, 6.07) is 14.9. The van der Waals surface area contributed by atoms with Gasteiger partial charge >= 0.3 is 0 Å². The molecule has 5 nitrogen and oxygen atoms in total. The number of rotatable bonds is 5. The molecule has 0 aliphatic carbocycles. The second kappa shape index (κ2) is 6.83. The van der Waals surface area contributed by atoms with Crippen LogP contribution in [0.1, 0.15) is 13.8 Å². The first-order chi connectivity index (χ1) is 11.6. The Balaban J connectivity index is 1.78. The molecule has 0 spiro atoms. The van der Waals surface area contributed by atoms with E-state index in [2.05, 4.69) is 0 Å². The number of nitrogen functional groups attached to an aromatic ring is 1. The lowest BCUT2D eigenvalue weighted by atomic mass is 10.0. The normalized spacial score (nSPS) is 16.7. The first kappa shape index (κ1) is 16.2. The van der Waals surface area contributed by atoms with E-state index in [-0.39, 0.29) is 11.8 Å². The Kier molecular flexibility index (Phi) is 4.60. The maximum absolute atomic E-state index is 12.8. The first-order valence-electron chi connectivity index (χ1n) is 8.11. The van der Waals surface area contributed by atoms with E-state index in [0.717, 1.165) is 11.4 Å². The lowest BCUT2D eigenvalue weighted by Gasteiger charge is -2.36. The van der Waals surface area contributed by atoms with Crippen molar-refractivity contribution in [1.82, 2.24) is 0 Å². The van der Waals surface area contributed by atoms with Crippen LogP contribution in [0, 0.1) is 5.92 Å². The molecule has 0 fully saturated rings. The second-order valence-corrected chi connectivity index (χ2v) is 6.16. The molecular weight excluding hydrogens is 304 g/mol. The summed E-state index contributed by atoms with van der Waals surface area (Å²) >= 11 is 0. The largest absolute Gasteiger partial charge is 0.492 e. The van der Waals surface area contributed by atoms with Crippen LogP contribution in [0.15, 0.2) is 48.5 Å². The molecule has 0 radical (unpaired) electrons. The highest BCUT2D eigenvalue weighted by atomic mass is 16.5. The Hall–Kier alpha value is -2.69. The minimum absolute atomic E-state index is 0.0427. The summed E-state index contributed by atoms with van der Waals surface area (Å²) in [5.41, 5.74) is 7.21. The van der Waals surface area contributed by atoms with Crippen LogP contribution in [0.2, 0.25) is 0 Å². The van der Waals surface area contributed by atoms with Crippen LogP contribution in [0.25, 0.3) is 0 Å². The second-order valence-electron chi connectivity index (χ2n) is 6.16. The maximum atomic E-state index is 12.8. The summed E-state index contributed by atoms with van der Waals surface area (Å²) in [5, 5.41) is 0. The third kappa shape index (κ3) is 3.30. The van der Waals surface area contributed by atoms with Crippen LogP contribution < -0.4 is 20.1 Å². The van der Waals surface area contributed by atoms with Gasteiger partial charge in [-0.05, 0) is 30.2 Å². The molecule has 1 heterocycles. The van der Waals surface area contributed by atoms with Gasteiger partial charge in [-0.1, -0.05) is 32.0 Å². The summed E-state index contributed by atoms with van der Waals surface area (Å²) in [7, 11) is 0. The van der Waals surface area contributed by atoms with Crippen molar-refractivity contribution in [3.05, 3.63) is 48.5 Å². The topological polar surface area (TPSA) is 64.8 Å². The van der Waals surface area contributed by atoms with E-state index in [1.54, 1.807) is 17.0 Å². The van der Waals surface area contributed by atoms with Gasteiger partial charge in [0, 0.05) is 11.8 Å². The lowest BCUT2D eigenvalue weighted by molar-refractivity contribution is -0.128. The quantitative estimate of drug-likeness (QED) is 0.858. The van der Waals surface area contributed by atoms with E-state index in [9.17, 15) is 4.79 Å². The van der Waals surface area contributed by atoms with Crippen molar-refractivity contribution < 1.29 is 14.3 Å². The zero-order valence-electron chi connectivity index (χ0n) is 13.9. The van der Waals surface area contributed by atoms with Gasteiger partial charge in [-0.25, -0.2) is 0 Å². The minimum atomic E-state index is -0.504. The SMILES string of the molecule is CC(C)C1Oc2cc(N)ccc2N(CCOc2ccccc2)C1=O. The van der Waals surface area contributed by atoms with Gasteiger partial charge in [0.2, 0.25) is 0 Å². The van der Waals surface area contributed by atoms with Crippen LogP contribution in [0.5, 0.6) is 11.5 Å². The fraction of sp³-hybridized carbons (Fsp3) is 0.316. The predicted octanol–water partition coefficient (Wildman–Crippen LogP) is 3.10. The zero-order chi connectivity index (χ0) is 17.1. The molecular formula is C19H22N2O3. The van der Waals surface area contributed by atoms with E-state index >= 15 is 0 Å². The molecule has 0 saturated carbocycles. The Bertz CT molecular complexity index is 716. The van der Waals surface area contributed by atoms with Gasteiger partial charge in [-0.2, -0.15) is 0 Å². The highest BCUT2D eigenvalue weighted by molar-refractivity contribution is 6.00. The van der Waals surface area contributed by atoms with Crippen LogP contribution >= 0.6 is 0 Å². The molecule has 1 aliphatic heterocycles. The molecule has 3 rings (SSSR count). The fourth-order valence-electron chi connectivity index (χ4n) is 2.73. The van der Waals surface area contributed by atoms with Crippen LogP contribution in [0.4, 0.5) is 11.4 Å². The monoisotopic (exact) mass is 326 g/mol. The van der Waals surface area contributed by atoms with Crippen LogP contribution in [0.3, 0.4) is 0 Å². The molecule has 0 bridgehead atoms. The number of nitrogens with zero attached hydrogens (tertiary/aromatic N) is 1. The van der Waals surface area contributed by atoms with E-state index in [1.165, 1.54) is 0 Å². The van der Waals surface area contributed by atoms with Gasteiger partial charge < -0.3 is 20.1 Å². The number of para-hydroxylation sites is 1. The number of fused-ring (bicyclic) bond motifs is 1. The average Bonchev–Trinajstić information content (AvgIpc) is 2.57. The number of amides is 1. The summed E-state index contributed by atoms with van der Waals surface area (Å²) in [6.45, 7) is 4.80. The van der Waals surface area contributed by atoms with Crippen molar-refractivity contribution >= 4 is 17.3 Å². The fourth-order valence-corrected chi connectivity index (χ4v) is 2.73. The van der Waals surface area contributed by atoms with Gasteiger partial charge in [-0.15, -0.1) is 0 Å². The number of benzene rings is 2. The van der Waals surface area contributed by atoms with E-state index in [0.29, 0.717) is 24.6 Å². The molecule has 0 aromatic heterocycles. The van der Waals surface area contributed by atoms with Crippen molar-refractivity contribution in [2.75, 3.05) is 23.8 Å². The molecule has 1 aliphatic rings. The maximum Gasteiger partial charge on any atom is 0.268 e. The number of carbonyl (C=O) groups excluding carboxylic acids is 1. The predicted molar refractivity (Wildman–Crippen MR) is 94.4 cm³/mol. The minimum Gasteiger partial charge on any atom is -0.492 e. The zero-order valence-corrected chi connectivity index (χ0v) is 13.9. The Morgan fingerprint density at radius 3 is 2.67 bits per heavy atom. The molecule has 5 heteroatoms. The average molecular weight is 326 g/mol. The molecule has 2 N–H and O–H groups in total. The molecule has 126 valence electrons. The molecule has 1 atom stereocenters. The van der Waals surface area contributed by atoms with E-state index in [1.807, 2.05) is 50.2 Å². The van der Waals surface area contributed by atoms with Crippen LogP contribution in [-0.4, -0.2) is 25.2 Å². The highest BCUT2D eigenvalue weighted by Gasteiger charge is 2.36. The van der Waals surface area contributed by atoms with Gasteiger partial charge in [0.05, 0.1) is 12.2 Å². The lowest BCUT2D eigenvalue weighted by Crippen LogP contribution is -2.49. The molecule has 2 aromatic carbocycles. The smallest absolute Gasteiger partial charge is 0.268 e. The summed E-state index contributed by atoms with van der Waals surface area (Å²) in [4.78, 5) is 14.5. The van der Waals surface area contributed by atoms with Gasteiger partial charge in [0.25, 0.3) is 5.91 Å². The van der Waals surface area contributed by atoms with Crippen molar-refractivity contribution in [3.8, 4) is 11.5 Å². The number of nitrogens with two attached hydrogens (primary N) is 1. The molecule has 0 saturated heterocycles. The summed E-state index contributed by atoms with van der Waals surface area (Å²) < 4.78 is 11.6. The summed E-state index contributed by atoms with van der Waals surface area (Å²) in [6.07, 6.45) is -0.504. The third-order valence-corrected chi connectivity index (χ3v) is 3.97. The number of carbonyl (C=O) groups is 1. The standard InChI is InChI=1S/C19H22N2O3/c1-13(2)18-19(22)21(10-11-23-15-6-4-3-5-7-15)16-9-8-14(20)12-17(16)24-18/h3-9,12-13,18H,10-11,20H2,1-2H3. The van der Waals surface area contributed by atoms with Crippen molar-refractivity contribution in [3.63, 3.8) is 0 Å². The first-order valence-corrected chi connectivity index (χ1v) is 8.11. The van der Waals surface area contributed by atoms with E-state index < -0.39 is 6.10 Å². The van der Waals surface area contributed by atoms with Crippen LogP contribution in [-0.2, 0) is 4.79 Å². The third-order valence-electron chi connectivity index (χ3n) is 3.97. The Morgan fingerprint density at radius 1 is 1.21 bits per heavy atom. The van der Waals surface area contributed by atoms with Crippen molar-refractivity contribution in [2.45, 2.75) is 20.0 Å². The highest BCUT2D eigenvalue weighted by Crippen LogP contribution is 2.37. The molecule has 1 unspecified atom stereocenters. The van der Waals surface area contributed by atoms with E-state index in [4.69, 9.17) is 15.2 Å². The number of hydrogen-bond donors (Lipinski definition) is 1. The molecule has 1 amide bonds. The number of hydrogen-bond acceptors (Lipinski definition) is 4.